The molecular formula is C22H20F2N2. The minimum absolute atomic E-state index is 0.388. The van der Waals surface area contributed by atoms with Crippen molar-refractivity contribution >= 4 is 16.6 Å². The Morgan fingerprint density at radius 2 is 1.69 bits per heavy atom. The number of nitrogens with zero attached hydrogens (tertiary/aromatic N) is 2. The van der Waals surface area contributed by atoms with Gasteiger partial charge in [0.25, 0.3) is 0 Å². The lowest BCUT2D eigenvalue weighted by Crippen LogP contribution is -2.47. The van der Waals surface area contributed by atoms with Gasteiger partial charge in [-0.2, -0.15) is 0 Å². The third-order valence-electron chi connectivity index (χ3n) is 5.77. The number of rotatable bonds is 1. The summed E-state index contributed by atoms with van der Waals surface area (Å²) in [5, 5.41) is 0.986. The summed E-state index contributed by atoms with van der Waals surface area (Å²) in [5.74, 6) is -1.60. The first-order valence-corrected chi connectivity index (χ1v) is 8.66. The fourth-order valence-electron chi connectivity index (χ4n) is 3.59. The number of halogens is 2. The molecule has 2 heterocycles. The Labute approximate surface area is 151 Å². The summed E-state index contributed by atoms with van der Waals surface area (Å²) in [7, 11) is 0. The molecule has 0 N–H and O–H groups in total. The lowest BCUT2D eigenvalue weighted by Gasteiger charge is -2.44. The first kappa shape index (κ1) is 16.8. The molecule has 1 aliphatic rings. The van der Waals surface area contributed by atoms with Gasteiger partial charge in [0, 0.05) is 33.7 Å². The molecule has 26 heavy (non-hydrogen) atoms. The van der Waals surface area contributed by atoms with Gasteiger partial charge in [-0.15, -0.1) is 0 Å². The van der Waals surface area contributed by atoms with E-state index in [1.54, 1.807) is 12.3 Å². The van der Waals surface area contributed by atoms with E-state index >= 15 is 0 Å². The highest BCUT2D eigenvalue weighted by Gasteiger charge is 2.46. The summed E-state index contributed by atoms with van der Waals surface area (Å²) in [6.07, 6.45) is 1.75. The van der Waals surface area contributed by atoms with E-state index in [9.17, 15) is 8.78 Å². The summed E-state index contributed by atoms with van der Waals surface area (Å²) in [5.41, 5.74) is 2.26. The average Bonchev–Trinajstić information content (AvgIpc) is 2.60. The molecule has 132 valence electrons. The van der Waals surface area contributed by atoms with Crippen molar-refractivity contribution in [3.8, 4) is 0 Å². The summed E-state index contributed by atoms with van der Waals surface area (Å²) in [6, 6.07) is 12.5. The number of pyridine rings is 1. The van der Waals surface area contributed by atoms with Crippen LogP contribution in [-0.2, 0) is 5.41 Å². The summed E-state index contributed by atoms with van der Waals surface area (Å²) < 4.78 is 28.8. The van der Waals surface area contributed by atoms with Crippen LogP contribution in [0.1, 0.15) is 44.4 Å². The maximum absolute atomic E-state index is 14.8. The van der Waals surface area contributed by atoms with Crippen LogP contribution in [0.3, 0.4) is 0 Å². The van der Waals surface area contributed by atoms with Gasteiger partial charge >= 0.3 is 0 Å². The maximum Gasteiger partial charge on any atom is 0.163 e. The fraction of sp³-hybridized carbons (Fsp3) is 0.273. The molecule has 0 radical (unpaired) electrons. The zero-order valence-corrected chi connectivity index (χ0v) is 15.3. The van der Waals surface area contributed by atoms with Gasteiger partial charge in [0.2, 0.25) is 0 Å². The lowest BCUT2D eigenvalue weighted by atomic mass is 9.65. The van der Waals surface area contributed by atoms with Crippen molar-refractivity contribution in [3.05, 3.63) is 77.0 Å². The Bertz CT molecular complexity index is 1060. The Morgan fingerprint density at radius 1 is 0.923 bits per heavy atom. The number of aliphatic imine (C=N–C) groups is 1. The molecule has 0 unspecified atom stereocenters. The van der Waals surface area contributed by atoms with E-state index in [0.29, 0.717) is 16.8 Å². The molecular weight excluding hydrogens is 330 g/mol. The monoisotopic (exact) mass is 350 g/mol. The predicted octanol–water partition coefficient (Wildman–Crippen LogP) is 5.42. The molecule has 2 aromatic carbocycles. The van der Waals surface area contributed by atoms with Crippen LogP contribution in [0, 0.1) is 11.6 Å². The van der Waals surface area contributed by atoms with Gasteiger partial charge in [0.05, 0.1) is 16.8 Å². The Morgan fingerprint density at radius 3 is 2.46 bits per heavy atom. The standard InChI is InChI=1S/C22H20F2N2/c1-21(2)18-15(8-9-16(23)19(18)24)20(26-22(21,3)4)14-7-10-17-13(12-14)6-5-11-25-17/h5-12H,1-4H3. The molecule has 0 aliphatic carbocycles. The number of hydrogen-bond donors (Lipinski definition) is 0. The van der Waals surface area contributed by atoms with Gasteiger partial charge in [-0.25, -0.2) is 8.78 Å². The molecule has 0 saturated carbocycles. The second-order valence-electron chi connectivity index (χ2n) is 7.84. The van der Waals surface area contributed by atoms with Crippen LogP contribution in [0.15, 0.2) is 53.7 Å². The Hall–Kier alpha value is -2.62. The molecule has 3 aromatic rings. The molecule has 0 amide bonds. The molecule has 1 aromatic heterocycles. The van der Waals surface area contributed by atoms with Gasteiger partial charge < -0.3 is 0 Å². The van der Waals surface area contributed by atoms with Crippen molar-refractivity contribution in [3.63, 3.8) is 0 Å². The van der Waals surface area contributed by atoms with Crippen LogP contribution in [-0.4, -0.2) is 16.2 Å². The molecule has 0 spiro atoms. The van der Waals surface area contributed by atoms with Crippen molar-refractivity contribution < 1.29 is 8.78 Å². The van der Waals surface area contributed by atoms with E-state index in [4.69, 9.17) is 4.99 Å². The van der Waals surface area contributed by atoms with Gasteiger partial charge in [-0.3, -0.25) is 9.98 Å². The first-order chi connectivity index (χ1) is 12.2. The van der Waals surface area contributed by atoms with Gasteiger partial charge in [-0.05, 0) is 44.2 Å². The van der Waals surface area contributed by atoms with Crippen molar-refractivity contribution in [1.29, 1.82) is 0 Å². The quantitative estimate of drug-likeness (QED) is 0.575. The second kappa shape index (κ2) is 5.44. The van der Waals surface area contributed by atoms with E-state index in [2.05, 4.69) is 4.98 Å². The lowest BCUT2D eigenvalue weighted by molar-refractivity contribution is 0.290. The first-order valence-electron chi connectivity index (χ1n) is 8.66. The number of benzene rings is 2. The predicted molar refractivity (Wildman–Crippen MR) is 101 cm³/mol. The minimum atomic E-state index is -0.823. The van der Waals surface area contributed by atoms with E-state index in [1.165, 1.54) is 6.07 Å². The van der Waals surface area contributed by atoms with Gasteiger partial charge in [0.1, 0.15) is 0 Å². The molecule has 2 nitrogen and oxygen atoms in total. The fourth-order valence-corrected chi connectivity index (χ4v) is 3.59. The van der Waals surface area contributed by atoms with E-state index in [-0.39, 0.29) is 0 Å². The summed E-state index contributed by atoms with van der Waals surface area (Å²) in [4.78, 5) is 9.30. The third kappa shape index (κ3) is 2.28. The van der Waals surface area contributed by atoms with E-state index < -0.39 is 22.6 Å². The number of fused-ring (bicyclic) bond motifs is 2. The van der Waals surface area contributed by atoms with Crippen LogP contribution in [0.2, 0.25) is 0 Å². The molecule has 1 aliphatic heterocycles. The molecule has 4 heteroatoms. The van der Waals surface area contributed by atoms with Gasteiger partial charge in [0.15, 0.2) is 11.6 Å². The smallest absolute Gasteiger partial charge is 0.163 e. The zero-order valence-electron chi connectivity index (χ0n) is 15.3. The Balaban J connectivity index is 2.02. The molecule has 0 fully saturated rings. The molecule has 4 rings (SSSR count). The topological polar surface area (TPSA) is 25.2 Å². The van der Waals surface area contributed by atoms with Crippen molar-refractivity contribution in [1.82, 2.24) is 4.98 Å². The highest BCUT2D eigenvalue weighted by molar-refractivity contribution is 6.16. The van der Waals surface area contributed by atoms with E-state index in [0.717, 1.165) is 16.5 Å². The largest absolute Gasteiger partial charge is 0.277 e. The number of aromatic nitrogens is 1. The Kier molecular flexibility index (Phi) is 3.52. The van der Waals surface area contributed by atoms with Crippen LogP contribution in [0.4, 0.5) is 8.78 Å². The highest BCUT2D eigenvalue weighted by Crippen LogP contribution is 2.45. The second-order valence-corrected chi connectivity index (χ2v) is 7.84. The highest BCUT2D eigenvalue weighted by atomic mass is 19.2. The minimum Gasteiger partial charge on any atom is -0.277 e. The number of hydrogen-bond acceptors (Lipinski definition) is 2. The van der Waals surface area contributed by atoms with Crippen molar-refractivity contribution in [2.45, 2.75) is 38.6 Å². The molecule has 0 atom stereocenters. The zero-order chi connectivity index (χ0) is 18.7. The summed E-state index contributed by atoms with van der Waals surface area (Å²) in [6.45, 7) is 7.75. The van der Waals surface area contributed by atoms with Crippen LogP contribution in [0.25, 0.3) is 10.9 Å². The third-order valence-corrected chi connectivity index (χ3v) is 5.77. The SMILES string of the molecule is CC1(C)N=C(c2ccc3ncccc3c2)c2ccc(F)c(F)c2C1(C)C. The maximum atomic E-state index is 14.8. The van der Waals surface area contributed by atoms with Crippen LogP contribution >= 0.6 is 0 Å². The van der Waals surface area contributed by atoms with Crippen molar-refractivity contribution in [2.75, 3.05) is 0 Å². The van der Waals surface area contributed by atoms with Crippen LogP contribution < -0.4 is 0 Å². The normalized spacial score (nSPS) is 17.7. The molecule has 0 saturated heterocycles. The average molecular weight is 350 g/mol. The van der Waals surface area contributed by atoms with Crippen LogP contribution in [0.5, 0.6) is 0 Å². The van der Waals surface area contributed by atoms with Gasteiger partial charge in [-0.1, -0.05) is 26.0 Å². The summed E-state index contributed by atoms with van der Waals surface area (Å²) >= 11 is 0. The molecule has 0 bridgehead atoms. The van der Waals surface area contributed by atoms with E-state index in [1.807, 2.05) is 58.0 Å². The van der Waals surface area contributed by atoms with Crippen molar-refractivity contribution in [2.24, 2.45) is 4.99 Å².